The quantitative estimate of drug-likeness (QED) is 0.821. The Morgan fingerprint density at radius 3 is 3.00 bits per heavy atom. The highest BCUT2D eigenvalue weighted by Gasteiger charge is 2.30. The molecule has 1 saturated heterocycles. The first-order valence-electron chi connectivity index (χ1n) is 6.07. The van der Waals surface area contributed by atoms with Crippen LogP contribution in [0.15, 0.2) is 12.5 Å². The van der Waals surface area contributed by atoms with Gasteiger partial charge in [-0.3, -0.25) is 4.79 Å². The largest absolute Gasteiger partial charge is 0.393 e. The molecule has 1 aliphatic heterocycles. The van der Waals surface area contributed by atoms with Crippen LogP contribution in [0.5, 0.6) is 0 Å². The predicted octanol–water partition coefficient (Wildman–Crippen LogP) is 0.653. The van der Waals surface area contributed by atoms with Gasteiger partial charge in [0.2, 0.25) is 0 Å². The van der Waals surface area contributed by atoms with Crippen LogP contribution < -0.4 is 0 Å². The SMILES string of the molecule is CCC1CN(C(=O)c2cncn2C)CCC1O. The number of aromatic nitrogens is 2. The van der Waals surface area contributed by atoms with E-state index in [2.05, 4.69) is 4.98 Å². The van der Waals surface area contributed by atoms with Gasteiger partial charge in [0.15, 0.2) is 0 Å². The summed E-state index contributed by atoms with van der Waals surface area (Å²) in [6.07, 6.45) is 4.52. The number of likely N-dealkylation sites (tertiary alicyclic amines) is 1. The molecule has 0 aliphatic carbocycles. The van der Waals surface area contributed by atoms with Crippen molar-refractivity contribution in [3.8, 4) is 0 Å². The minimum absolute atomic E-state index is 0.00958. The maximum atomic E-state index is 12.2. The summed E-state index contributed by atoms with van der Waals surface area (Å²) in [5, 5.41) is 9.80. The van der Waals surface area contributed by atoms with Gasteiger partial charge in [-0.15, -0.1) is 0 Å². The van der Waals surface area contributed by atoms with E-state index in [-0.39, 0.29) is 17.9 Å². The zero-order chi connectivity index (χ0) is 12.4. The van der Waals surface area contributed by atoms with Gasteiger partial charge in [0.1, 0.15) is 5.69 Å². The molecule has 2 atom stereocenters. The maximum absolute atomic E-state index is 12.2. The van der Waals surface area contributed by atoms with Gasteiger partial charge in [0.25, 0.3) is 5.91 Å². The molecular formula is C12H19N3O2. The first-order valence-corrected chi connectivity index (χ1v) is 6.07. The van der Waals surface area contributed by atoms with Crippen LogP contribution in [0.25, 0.3) is 0 Å². The highest BCUT2D eigenvalue weighted by Crippen LogP contribution is 2.21. The van der Waals surface area contributed by atoms with Gasteiger partial charge in [0.05, 0.1) is 18.6 Å². The lowest BCUT2D eigenvalue weighted by Gasteiger charge is -2.35. The van der Waals surface area contributed by atoms with Crippen LogP contribution in [0.2, 0.25) is 0 Å². The van der Waals surface area contributed by atoms with E-state index in [9.17, 15) is 9.90 Å². The van der Waals surface area contributed by atoms with Gasteiger partial charge in [-0.25, -0.2) is 4.98 Å². The van der Waals surface area contributed by atoms with Gasteiger partial charge >= 0.3 is 0 Å². The molecule has 1 aromatic heterocycles. The van der Waals surface area contributed by atoms with Crippen LogP contribution in [-0.4, -0.2) is 44.7 Å². The summed E-state index contributed by atoms with van der Waals surface area (Å²) < 4.78 is 1.73. The maximum Gasteiger partial charge on any atom is 0.272 e. The number of imidazole rings is 1. The Bertz CT molecular complexity index is 402. The fraction of sp³-hybridized carbons (Fsp3) is 0.667. The third-order valence-corrected chi connectivity index (χ3v) is 3.54. The highest BCUT2D eigenvalue weighted by molar-refractivity contribution is 5.92. The third-order valence-electron chi connectivity index (χ3n) is 3.54. The summed E-state index contributed by atoms with van der Waals surface area (Å²) in [6.45, 7) is 3.31. The molecule has 2 heterocycles. The summed E-state index contributed by atoms with van der Waals surface area (Å²) in [4.78, 5) is 18.0. The van der Waals surface area contributed by atoms with Crippen LogP contribution in [0.1, 0.15) is 30.3 Å². The number of hydrogen-bond acceptors (Lipinski definition) is 3. The van der Waals surface area contributed by atoms with Crippen LogP contribution in [-0.2, 0) is 7.05 Å². The monoisotopic (exact) mass is 237 g/mol. The number of nitrogens with zero attached hydrogens (tertiary/aromatic N) is 3. The number of aryl methyl sites for hydroxylation is 1. The number of amides is 1. The van der Waals surface area contributed by atoms with E-state index in [1.54, 1.807) is 17.1 Å². The van der Waals surface area contributed by atoms with Crippen molar-refractivity contribution in [3.05, 3.63) is 18.2 Å². The van der Waals surface area contributed by atoms with Crippen LogP contribution >= 0.6 is 0 Å². The third kappa shape index (κ3) is 2.34. The molecule has 94 valence electrons. The molecule has 17 heavy (non-hydrogen) atoms. The average molecular weight is 237 g/mol. The van der Waals surface area contributed by atoms with Crippen molar-refractivity contribution < 1.29 is 9.90 Å². The Balaban J connectivity index is 2.09. The number of hydrogen-bond donors (Lipinski definition) is 1. The number of rotatable bonds is 2. The minimum Gasteiger partial charge on any atom is -0.393 e. The van der Waals surface area contributed by atoms with Gasteiger partial charge in [-0.05, 0) is 12.8 Å². The zero-order valence-electron chi connectivity index (χ0n) is 10.3. The van der Waals surface area contributed by atoms with Crippen LogP contribution in [0, 0.1) is 5.92 Å². The molecule has 1 amide bonds. The number of aliphatic hydroxyl groups is 1. The van der Waals surface area contributed by atoms with Crippen molar-refractivity contribution in [1.29, 1.82) is 0 Å². The molecule has 1 aliphatic rings. The second kappa shape index (κ2) is 4.87. The number of piperidine rings is 1. The fourth-order valence-electron chi connectivity index (χ4n) is 2.33. The summed E-state index contributed by atoms with van der Waals surface area (Å²) in [6, 6.07) is 0. The first kappa shape index (κ1) is 12.1. The lowest BCUT2D eigenvalue weighted by Crippen LogP contribution is -2.46. The minimum atomic E-state index is -0.268. The second-order valence-corrected chi connectivity index (χ2v) is 4.67. The van der Waals surface area contributed by atoms with Gasteiger partial charge in [-0.1, -0.05) is 6.92 Å². The highest BCUT2D eigenvalue weighted by atomic mass is 16.3. The Kier molecular flexibility index (Phi) is 3.47. The molecular weight excluding hydrogens is 218 g/mol. The molecule has 5 nitrogen and oxygen atoms in total. The van der Waals surface area contributed by atoms with Gasteiger partial charge < -0.3 is 14.6 Å². The van der Waals surface area contributed by atoms with Crippen molar-refractivity contribution in [2.24, 2.45) is 13.0 Å². The topological polar surface area (TPSA) is 58.4 Å². The average Bonchev–Trinajstić information content (AvgIpc) is 2.75. The van der Waals surface area contributed by atoms with E-state index >= 15 is 0 Å². The first-order chi connectivity index (χ1) is 8.13. The summed E-state index contributed by atoms with van der Waals surface area (Å²) in [7, 11) is 1.82. The van der Waals surface area contributed by atoms with Crippen molar-refractivity contribution in [2.45, 2.75) is 25.9 Å². The lowest BCUT2D eigenvalue weighted by molar-refractivity contribution is 0.0224. The molecule has 2 unspecified atom stereocenters. The van der Waals surface area contributed by atoms with Gasteiger partial charge in [-0.2, -0.15) is 0 Å². The Morgan fingerprint density at radius 1 is 1.65 bits per heavy atom. The molecule has 0 radical (unpaired) electrons. The van der Waals surface area contributed by atoms with Crippen LogP contribution in [0.3, 0.4) is 0 Å². The predicted molar refractivity (Wildman–Crippen MR) is 63.5 cm³/mol. The molecule has 0 spiro atoms. The van der Waals surface area contributed by atoms with E-state index in [4.69, 9.17) is 0 Å². The van der Waals surface area contributed by atoms with E-state index in [0.29, 0.717) is 25.2 Å². The molecule has 0 aromatic carbocycles. The molecule has 2 rings (SSSR count). The van der Waals surface area contributed by atoms with E-state index in [1.165, 1.54) is 0 Å². The van der Waals surface area contributed by atoms with Crippen molar-refractivity contribution in [2.75, 3.05) is 13.1 Å². The van der Waals surface area contributed by atoms with E-state index in [0.717, 1.165) is 6.42 Å². The van der Waals surface area contributed by atoms with Crippen molar-refractivity contribution >= 4 is 5.91 Å². The van der Waals surface area contributed by atoms with E-state index in [1.807, 2.05) is 18.9 Å². The van der Waals surface area contributed by atoms with Gasteiger partial charge in [0, 0.05) is 26.1 Å². The second-order valence-electron chi connectivity index (χ2n) is 4.67. The van der Waals surface area contributed by atoms with Crippen LogP contribution in [0.4, 0.5) is 0 Å². The molecule has 0 saturated carbocycles. The lowest BCUT2D eigenvalue weighted by atomic mass is 9.92. The molecule has 1 aromatic rings. The summed E-state index contributed by atoms with van der Waals surface area (Å²) in [5.74, 6) is 0.205. The summed E-state index contributed by atoms with van der Waals surface area (Å²) >= 11 is 0. The van der Waals surface area contributed by atoms with Crippen molar-refractivity contribution in [3.63, 3.8) is 0 Å². The fourth-order valence-corrected chi connectivity index (χ4v) is 2.33. The number of carbonyl (C=O) groups excluding carboxylic acids is 1. The summed E-state index contributed by atoms with van der Waals surface area (Å²) in [5.41, 5.74) is 0.608. The smallest absolute Gasteiger partial charge is 0.272 e. The van der Waals surface area contributed by atoms with Crippen molar-refractivity contribution in [1.82, 2.24) is 14.5 Å². The molecule has 5 heteroatoms. The molecule has 0 bridgehead atoms. The zero-order valence-corrected chi connectivity index (χ0v) is 10.3. The Hall–Kier alpha value is -1.36. The number of aliphatic hydroxyl groups excluding tert-OH is 1. The Labute approximate surface area is 101 Å². The normalized spacial score (nSPS) is 25.0. The number of carbonyl (C=O) groups is 1. The van der Waals surface area contributed by atoms with E-state index < -0.39 is 0 Å². The Morgan fingerprint density at radius 2 is 2.41 bits per heavy atom. The molecule has 1 N–H and O–H groups in total. The standard InChI is InChI=1S/C12H19N3O2/c1-3-9-7-15(5-4-11(9)16)12(17)10-6-13-8-14(10)2/h6,8-9,11,16H,3-5,7H2,1-2H3. The molecule has 1 fully saturated rings.